The minimum absolute atomic E-state index is 0. The third-order valence-electron chi connectivity index (χ3n) is 21.1. The molecule has 15 nitrogen and oxygen atoms in total. The number of halogens is 2. The molecule has 0 radical (unpaired) electrons. The first kappa shape index (κ1) is 68.2. The van der Waals surface area contributed by atoms with Crippen molar-refractivity contribution in [2.75, 3.05) is 39.9 Å². The molecule has 0 amide bonds. The molecule has 2 aromatic rings. The number of imidazole rings is 2. The van der Waals surface area contributed by atoms with Gasteiger partial charge in [-0.15, -0.1) is 6.57 Å². The Balaban J connectivity index is 0.000000415. The Morgan fingerprint density at radius 3 is 1.68 bits per heavy atom. The fraction of sp³-hybridized carbons (Fsp3) is 0.807. The van der Waals surface area contributed by atoms with Gasteiger partial charge in [0.15, 0.2) is 5.78 Å². The van der Waals surface area contributed by atoms with Crippen LogP contribution in [0, 0.1) is 98.7 Å². The van der Waals surface area contributed by atoms with Gasteiger partial charge < -0.3 is 41.1 Å². The zero-order valence-electron chi connectivity index (χ0n) is 48.2. The van der Waals surface area contributed by atoms with E-state index in [1.807, 2.05) is 6.07 Å². The van der Waals surface area contributed by atoms with E-state index in [4.69, 9.17) is 32.7 Å². The van der Waals surface area contributed by atoms with Crippen LogP contribution in [0.15, 0.2) is 24.8 Å². The number of carbonyl (C=O) groups excluding carboxylic acids is 3. The van der Waals surface area contributed by atoms with Gasteiger partial charge in [0.05, 0.1) is 44.5 Å². The summed E-state index contributed by atoms with van der Waals surface area (Å²) in [6.45, 7) is 18.2. The number of aliphatic hydroxyl groups is 2. The number of ketones is 2. The van der Waals surface area contributed by atoms with E-state index < -0.39 is 18.4 Å². The number of H-pyrrole nitrogens is 1. The number of methoxy groups -OCH3 is 2. The Morgan fingerprint density at radius 2 is 1.30 bits per heavy atom. The summed E-state index contributed by atoms with van der Waals surface area (Å²) >= 11 is 3.43. The number of nitrogens with zero attached hydrogens (tertiary/aromatic N) is 5. The number of carbonyl (C=O) groups is 3. The molecule has 2 aromatic heterocycles. The zero-order chi connectivity index (χ0) is 54.1. The van der Waals surface area contributed by atoms with Gasteiger partial charge in [0.1, 0.15) is 24.6 Å². The van der Waals surface area contributed by atoms with Crippen molar-refractivity contribution in [2.24, 2.45) is 80.8 Å². The molecule has 8 fully saturated rings. The smallest absolute Gasteiger partial charge is 1.00 e. The van der Waals surface area contributed by atoms with Gasteiger partial charge in [-0.1, -0.05) is 51.1 Å². The molecule has 0 unspecified atom stereocenters. The maximum Gasteiger partial charge on any atom is 1.00 e. The summed E-state index contributed by atoms with van der Waals surface area (Å²) in [5.41, 5.74) is -0.311. The van der Waals surface area contributed by atoms with Gasteiger partial charge in [-0.05, 0) is 185 Å². The summed E-state index contributed by atoms with van der Waals surface area (Å²) in [6, 6.07) is 1.84. The number of hydrogen-bond acceptors (Lipinski definition) is 12. The van der Waals surface area contributed by atoms with Crippen LogP contribution < -0.4 is 108 Å². The zero-order valence-corrected chi connectivity index (χ0v) is 54.0. The number of hydrogen-bond donors (Lipinski definition) is 3. The van der Waals surface area contributed by atoms with Crippen molar-refractivity contribution in [2.45, 2.75) is 168 Å². The van der Waals surface area contributed by atoms with Crippen molar-refractivity contribution in [1.82, 2.24) is 19.5 Å². The van der Waals surface area contributed by atoms with E-state index >= 15 is 0 Å². The second-order valence-corrected chi connectivity index (χ2v) is 24.7. The van der Waals surface area contributed by atoms with Crippen LogP contribution in [-0.4, -0.2) is 98.9 Å². The molecule has 10 rings (SSSR count). The molecular weight excluding hydrogens is 1090 g/mol. The predicted octanol–water partition coefficient (Wildman–Crippen LogP) is 4.08. The van der Waals surface area contributed by atoms with E-state index in [-0.39, 0.29) is 153 Å². The van der Waals surface area contributed by atoms with Gasteiger partial charge in [0.2, 0.25) is 5.82 Å². The molecule has 8 aliphatic rings. The standard InChI is InChI=1S/C27H39N3O3.C23H37BrO3.C4H3N3.CH3F.CH2O3.CH4.2K.H/c1-25-11-12-27(32,17-33-4)15-18(25)5-6-19-20-7-8-22(26(20,2)10-9-21(19)25)23(31)16-30-14-13-29-24(30)28-3;1-21-10-11-23(26,14-27-3)12-15(21)4-5-16-17-6-7-19(20(25)13-24)22(17,2)9-8-18(16)21;5-3-4-6-1-2-7-4;1-2;2-1-4-3;;;;/h13-14,18-22,32H,5-12,15-17H2,1-2,4H3;15-19,26H,4-14H2,1-3H3;1-2H,(H,6,7);1H3;1,3H;1H4;;;/q;;;;;;2*+1;-1/p-1/t18-,19-,20-,21-,22+,25-,26-,27+;15-,16-,17-,18-,19+,21-,22-,23+;;;;;;;/m00......./s1/i;;;1D;;;;;. The number of fused-ring (bicyclic) bond motifs is 10. The van der Waals surface area contributed by atoms with Gasteiger partial charge >= 0.3 is 109 Å². The Hall–Kier alpha value is -0.307. The quantitative estimate of drug-likeness (QED) is 0.0767. The van der Waals surface area contributed by atoms with Crippen LogP contribution in [0.2, 0.25) is 0 Å². The van der Waals surface area contributed by atoms with Crippen molar-refractivity contribution in [3.8, 4) is 6.07 Å². The minimum Gasteiger partial charge on any atom is -1.00 e. The molecule has 0 bridgehead atoms. The topological polar surface area (TPSA) is 217 Å². The first-order chi connectivity index (χ1) is 35.3. The first-order valence-corrected chi connectivity index (χ1v) is 27.8. The van der Waals surface area contributed by atoms with Gasteiger partial charge in [0.25, 0.3) is 6.47 Å². The number of nitriles is 1. The molecule has 8 aliphatic carbocycles. The number of aromatic nitrogens is 4. The van der Waals surface area contributed by atoms with Crippen molar-refractivity contribution >= 4 is 39.9 Å². The number of ether oxygens (including phenoxy) is 2. The SMILES string of the molecule is C.COC[C@@]1(O)CC[C@@]2(C)[C@@H](CC[C@@H]3[C@@H]2CC[C@]2(C)[C@@H](C(=O)CBr)CC[C@@H]32)C1.N#Cc1ncc[nH]1.O=CO[O-].[2H]CF.[C-]#[N+]c1nccn1CC(=O)[C@H]1CC[C@H]2[C@@H]3CC[C@H]4C[C@@](O)(COC)CC[C@]4(C)[C@H]3CC[C@]12C.[H-].[K+].[K+]. The van der Waals surface area contributed by atoms with Crippen molar-refractivity contribution in [3.05, 3.63) is 42.0 Å². The van der Waals surface area contributed by atoms with Crippen LogP contribution in [0.1, 0.15) is 159 Å². The van der Waals surface area contributed by atoms with Crippen LogP contribution in [0.25, 0.3) is 4.85 Å². The van der Waals surface area contributed by atoms with E-state index in [1.165, 1.54) is 51.4 Å². The van der Waals surface area contributed by atoms with E-state index in [0.717, 1.165) is 82.0 Å². The minimum atomic E-state index is -1.00. The molecule has 0 spiro atoms. The Labute approximate surface area is 549 Å². The molecular formula is C57H88BrFK2N6O9. The number of rotatable bonds is 10. The third kappa shape index (κ3) is 14.5. The van der Waals surface area contributed by atoms with Crippen molar-refractivity contribution in [1.29, 1.82) is 5.26 Å². The van der Waals surface area contributed by atoms with Crippen LogP contribution in [0.3, 0.4) is 0 Å². The fourth-order valence-electron chi connectivity index (χ4n) is 17.7. The molecule has 16 atom stereocenters. The summed E-state index contributed by atoms with van der Waals surface area (Å²) < 4.78 is 27.9. The monoisotopic (exact) mass is 1180 g/mol. The Bertz CT molecular complexity index is 2280. The molecule has 0 aliphatic heterocycles. The van der Waals surface area contributed by atoms with Crippen LogP contribution in [0.4, 0.5) is 10.3 Å². The second kappa shape index (κ2) is 30.3. The van der Waals surface area contributed by atoms with Crippen LogP contribution >= 0.6 is 15.9 Å². The molecule has 2 heterocycles. The van der Waals surface area contributed by atoms with E-state index in [9.17, 15) is 24.2 Å². The molecule has 3 N–H and O–H groups in total. The summed E-state index contributed by atoms with van der Waals surface area (Å²) in [5.74, 6) is 7.25. The first-order valence-electron chi connectivity index (χ1n) is 27.4. The Kier molecular flexibility index (Phi) is 27.2. The summed E-state index contributed by atoms with van der Waals surface area (Å²) in [5, 5.41) is 39.1. The maximum atomic E-state index is 13.4. The van der Waals surface area contributed by atoms with Crippen LogP contribution in [0.5, 0.6) is 0 Å². The van der Waals surface area contributed by atoms with Crippen molar-refractivity contribution in [3.63, 3.8) is 0 Å². The maximum absolute atomic E-state index is 13.4. The summed E-state index contributed by atoms with van der Waals surface area (Å²) in [6.07, 6.45) is 26.5. The summed E-state index contributed by atoms with van der Waals surface area (Å²) in [7, 11) is 2.40. The largest absolute Gasteiger partial charge is 1.00 e. The van der Waals surface area contributed by atoms with E-state index in [1.54, 1.807) is 43.6 Å². The number of aromatic amines is 1. The molecule has 416 valence electrons. The predicted molar refractivity (Wildman–Crippen MR) is 282 cm³/mol. The second-order valence-electron chi connectivity index (χ2n) is 24.2. The average Bonchev–Trinajstić information content (AvgIpc) is 4.21. The normalized spacial score (nSPS) is 39.0. The fourth-order valence-corrected chi connectivity index (χ4v) is 18.1. The molecule has 19 heteroatoms. The third-order valence-corrected chi connectivity index (χ3v) is 21.7. The number of Topliss-reactive ketones (excluding diaryl/α,β-unsaturated/α-hetero) is 2. The molecule has 0 saturated heterocycles. The molecule has 76 heavy (non-hydrogen) atoms. The Morgan fingerprint density at radius 1 is 0.842 bits per heavy atom. The van der Waals surface area contributed by atoms with Crippen LogP contribution in [-0.2, 0) is 35.3 Å². The average molecular weight is 1180 g/mol. The number of alkyl halides is 2. The van der Waals surface area contributed by atoms with Gasteiger partial charge in [-0.25, -0.2) is 4.98 Å². The van der Waals surface area contributed by atoms with Gasteiger partial charge in [-0.3, -0.25) is 23.3 Å². The van der Waals surface area contributed by atoms with E-state index in [0.29, 0.717) is 76.5 Å². The van der Waals surface area contributed by atoms with Gasteiger partial charge in [-0.2, -0.15) is 10.2 Å². The van der Waals surface area contributed by atoms with Gasteiger partial charge in [0, 0.05) is 38.4 Å². The van der Waals surface area contributed by atoms with Crippen molar-refractivity contribution < 1.29 is 154 Å². The number of nitrogens with one attached hydrogen (secondary N) is 1. The molecule has 0 aromatic carbocycles. The molecule has 8 saturated carbocycles. The summed E-state index contributed by atoms with van der Waals surface area (Å²) in [4.78, 5) is 51.0. The van der Waals surface area contributed by atoms with E-state index in [2.05, 4.69) is 68.3 Å².